The van der Waals surface area contributed by atoms with Crippen molar-refractivity contribution in [2.75, 3.05) is 23.0 Å². The molecule has 0 radical (unpaired) electrons. The Balaban J connectivity index is -0.000000608. The zero-order valence-electron chi connectivity index (χ0n) is 24.5. The number of carbonyl (C=O) groups is 2. The van der Waals surface area contributed by atoms with E-state index in [0.717, 1.165) is 11.5 Å². The molecule has 0 spiro atoms. The summed E-state index contributed by atoms with van der Waals surface area (Å²) in [7, 11) is 0. The molecular weight excluding hydrogens is 554 g/mol. The fourth-order valence-electron chi connectivity index (χ4n) is 3.90. The molecule has 0 saturated carbocycles. The number of carboxylic acid groups (broad SMARTS) is 2. The van der Waals surface area contributed by atoms with Crippen LogP contribution in [-0.2, 0) is 29.1 Å². The second-order valence-electron chi connectivity index (χ2n) is 9.83. The van der Waals surface area contributed by atoms with E-state index in [0.29, 0.717) is 11.5 Å². The summed E-state index contributed by atoms with van der Waals surface area (Å²) < 4.78 is 0. The number of hydrogen-bond donors (Lipinski definition) is 0. The molecule has 0 unspecified atom stereocenters. The minimum absolute atomic E-state index is 0. The molecule has 0 rings (SSSR count). The summed E-state index contributed by atoms with van der Waals surface area (Å²) in [4.78, 5) is 20.4. The van der Waals surface area contributed by atoms with Gasteiger partial charge in [0, 0.05) is 11.9 Å². The Labute approximate surface area is 251 Å². The van der Waals surface area contributed by atoms with Crippen molar-refractivity contribution in [2.45, 2.75) is 155 Å². The minimum Gasteiger partial charge on any atom is -0.550 e. The Morgan fingerprint density at radius 1 is 0.432 bits per heavy atom. The molecule has 0 aliphatic carbocycles. The van der Waals surface area contributed by atoms with Gasteiger partial charge in [0.25, 0.3) is 0 Å². The van der Waals surface area contributed by atoms with Gasteiger partial charge >= 0.3 is 19.5 Å². The van der Waals surface area contributed by atoms with E-state index in [9.17, 15) is 19.8 Å². The van der Waals surface area contributed by atoms with E-state index in [4.69, 9.17) is 0 Å². The molecule has 0 N–H and O–H groups in total. The predicted octanol–water partition coefficient (Wildman–Crippen LogP) is 7.56. The Hall–Kier alpha value is 0.263. The molecule has 0 heterocycles. The zero-order chi connectivity index (χ0) is 27.0. The molecule has 0 aromatic carbocycles. The van der Waals surface area contributed by atoms with Crippen molar-refractivity contribution in [1.82, 2.24) is 0 Å². The molecule has 0 fully saturated rings. The average Bonchev–Trinajstić information content (AvgIpc) is 2.85. The first-order valence-corrected chi connectivity index (χ1v) is 17.4. The quantitative estimate of drug-likeness (QED) is 0.0671. The van der Waals surface area contributed by atoms with Crippen LogP contribution in [0.3, 0.4) is 0 Å². The predicted molar refractivity (Wildman–Crippen MR) is 158 cm³/mol. The number of rotatable bonds is 28. The van der Waals surface area contributed by atoms with E-state index in [1.807, 2.05) is 0 Å². The van der Waals surface area contributed by atoms with Crippen molar-refractivity contribution < 1.29 is 39.3 Å². The first kappa shape index (κ1) is 41.7. The van der Waals surface area contributed by atoms with Gasteiger partial charge in [0.05, 0.1) is 0 Å². The van der Waals surface area contributed by atoms with E-state index in [1.165, 1.54) is 128 Å². The topological polar surface area (TPSA) is 80.3 Å². The van der Waals surface area contributed by atoms with Crippen molar-refractivity contribution in [3.05, 3.63) is 0 Å². The fourth-order valence-corrected chi connectivity index (χ4v) is 5.75. The zero-order valence-corrected chi connectivity index (χ0v) is 29.1. The Morgan fingerprint density at radius 2 is 0.676 bits per heavy atom. The molecule has 0 bridgehead atoms. The third kappa shape index (κ3) is 46.5. The van der Waals surface area contributed by atoms with Crippen molar-refractivity contribution >= 4 is 35.5 Å². The number of hydrogen-bond acceptors (Lipinski definition) is 6. The van der Waals surface area contributed by atoms with Gasteiger partial charge in [-0.3, -0.25) is 0 Å². The van der Waals surface area contributed by atoms with E-state index in [-0.39, 0.29) is 32.3 Å². The van der Waals surface area contributed by atoms with Crippen molar-refractivity contribution in [3.63, 3.8) is 0 Å². The van der Waals surface area contributed by atoms with Gasteiger partial charge in [-0.1, -0.05) is 129 Å². The molecule has 0 aromatic rings. The van der Waals surface area contributed by atoms with E-state index in [1.54, 1.807) is 23.5 Å². The molecule has 0 amide bonds. The number of carbonyl (C=O) groups excluding carboxylic acids is 2. The molecule has 0 aliphatic rings. The summed E-state index contributed by atoms with van der Waals surface area (Å²) in [6.07, 6.45) is 27.5. The minimum atomic E-state index is -0.925. The van der Waals surface area contributed by atoms with Crippen LogP contribution in [0.5, 0.6) is 0 Å². The smallest absolute Gasteiger partial charge is 0.550 e. The van der Waals surface area contributed by atoms with Gasteiger partial charge in [0.2, 0.25) is 0 Å². The maximum absolute atomic E-state index is 10.2. The number of thioether (sulfide) groups is 2. The summed E-state index contributed by atoms with van der Waals surface area (Å²) in [5.41, 5.74) is 0. The average molecular weight is 612 g/mol. The van der Waals surface area contributed by atoms with Crippen LogP contribution in [0.15, 0.2) is 0 Å². The summed E-state index contributed by atoms with van der Waals surface area (Å²) in [5, 5.41) is 20.4. The molecule has 7 heteroatoms. The number of aliphatic carboxylic acids is 2. The monoisotopic (exact) mass is 610 g/mol. The van der Waals surface area contributed by atoms with Gasteiger partial charge < -0.3 is 19.8 Å². The van der Waals surface area contributed by atoms with Crippen LogP contribution >= 0.6 is 23.5 Å². The van der Waals surface area contributed by atoms with E-state index < -0.39 is 11.9 Å². The van der Waals surface area contributed by atoms with Crippen LogP contribution in [0.2, 0.25) is 0 Å². The van der Waals surface area contributed by atoms with Gasteiger partial charge in [-0.05, 0) is 48.7 Å². The largest absolute Gasteiger partial charge is 2.00 e. The number of carboxylic acids is 2. The molecule has 0 atom stereocenters. The normalized spacial score (nSPS) is 10.4. The molecule has 0 aromatic heterocycles. The van der Waals surface area contributed by atoms with Crippen LogP contribution in [0.4, 0.5) is 0 Å². The molecule has 37 heavy (non-hydrogen) atoms. The summed E-state index contributed by atoms with van der Waals surface area (Å²) in [6, 6.07) is 0. The van der Waals surface area contributed by atoms with E-state index in [2.05, 4.69) is 13.8 Å². The maximum Gasteiger partial charge on any atom is 2.00 e. The first-order chi connectivity index (χ1) is 17.5. The number of unbranched alkanes of at least 4 members (excludes halogenated alkanes) is 18. The molecule has 0 aliphatic heterocycles. The standard InChI is InChI=1S/2C15H30O2S.Zn/c2*1-2-3-4-5-6-7-8-9-10-11-13-18-14-12-15(16)17;/h2*2-14H2,1H3,(H,16,17);/q;;+2/p-2. The molecule has 4 nitrogen and oxygen atoms in total. The molecule has 0 saturated heterocycles. The maximum atomic E-state index is 10.2. The van der Waals surface area contributed by atoms with Gasteiger partial charge in [0.15, 0.2) is 0 Å². The van der Waals surface area contributed by atoms with Crippen LogP contribution in [0.1, 0.15) is 155 Å². The van der Waals surface area contributed by atoms with Crippen LogP contribution in [0.25, 0.3) is 0 Å². The van der Waals surface area contributed by atoms with Gasteiger partial charge in [0.1, 0.15) is 0 Å². The SMILES string of the molecule is CCCCCCCCCCCCSCCC(=O)[O-].CCCCCCCCCCCCSCCC(=O)[O-].[Zn+2]. The van der Waals surface area contributed by atoms with Gasteiger partial charge in [-0.15, -0.1) is 0 Å². The summed E-state index contributed by atoms with van der Waals surface area (Å²) in [6.45, 7) is 4.51. The van der Waals surface area contributed by atoms with Crippen LogP contribution in [-0.4, -0.2) is 35.0 Å². The van der Waals surface area contributed by atoms with Crippen LogP contribution in [0, 0.1) is 0 Å². The van der Waals surface area contributed by atoms with Crippen molar-refractivity contribution in [1.29, 1.82) is 0 Å². The van der Waals surface area contributed by atoms with Crippen LogP contribution < -0.4 is 10.2 Å². The Bertz CT molecular complexity index is 413. The van der Waals surface area contributed by atoms with Gasteiger partial charge in [-0.2, -0.15) is 23.5 Å². The molecule has 216 valence electrons. The Kier molecular flexibility index (Phi) is 43.3. The van der Waals surface area contributed by atoms with Crippen molar-refractivity contribution in [3.8, 4) is 0 Å². The van der Waals surface area contributed by atoms with Gasteiger partial charge in [-0.25, -0.2) is 0 Å². The summed E-state index contributed by atoms with van der Waals surface area (Å²) in [5.74, 6) is 1.77. The third-order valence-electron chi connectivity index (χ3n) is 6.19. The second kappa shape index (κ2) is 38.4. The Morgan fingerprint density at radius 3 is 0.919 bits per heavy atom. The van der Waals surface area contributed by atoms with Crippen molar-refractivity contribution in [2.24, 2.45) is 0 Å². The fraction of sp³-hybridized carbons (Fsp3) is 0.933. The first-order valence-electron chi connectivity index (χ1n) is 15.1. The summed E-state index contributed by atoms with van der Waals surface area (Å²) >= 11 is 3.48. The molecular formula is C30H58O4S2Zn. The second-order valence-corrected chi connectivity index (χ2v) is 12.3. The van der Waals surface area contributed by atoms with E-state index >= 15 is 0 Å². The third-order valence-corrected chi connectivity index (χ3v) is 8.33.